The van der Waals surface area contributed by atoms with E-state index >= 15 is 0 Å². The minimum atomic E-state index is 1.15. The maximum absolute atomic E-state index is 3.79. The molecule has 2 aromatic heterocycles. The van der Waals surface area contributed by atoms with Gasteiger partial charge in [0, 0.05) is 43.6 Å². The second-order valence-corrected chi connectivity index (χ2v) is 17.8. The molecule has 2 N–H and O–H groups in total. The van der Waals surface area contributed by atoms with Crippen LogP contribution in [0.25, 0.3) is 142 Å². The Labute approximate surface area is 381 Å². The number of aromatic nitrogens is 2. The van der Waals surface area contributed by atoms with Gasteiger partial charge in [-0.25, -0.2) is 0 Å². The molecule has 2 heterocycles. The van der Waals surface area contributed by atoms with Crippen molar-refractivity contribution in [3.05, 3.63) is 231 Å². The molecule has 0 saturated heterocycles. The van der Waals surface area contributed by atoms with E-state index in [1.807, 2.05) is 0 Å². The molecule has 0 aliphatic rings. The molecule has 14 aromatic rings. The van der Waals surface area contributed by atoms with Crippen LogP contribution in [0.4, 0.5) is 0 Å². The molecule has 12 aromatic carbocycles. The quantitative estimate of drug-likeness (QED) is 0.173. The van der Waals surface area contributed by atoms with Crippen molar-refractivity contribution in [2.45, 2.75) is 0 Å². The highest BCUT2D eigenvalue weighted by Crippen LogP contribution is 2.43. The van der Waals surface area contributed by atoms with Gasteiger partial charge in [0.2, 0.25) is 0 Å². The molecule has 0 aliphatic carbocycles. The van der Waals surface area contributed by atoms with E-state index in [9.17, 15) is 0 Å². The van der Waals surface area contributed by atoms with Gasteiger partial charge in [0.05, 0.1) is 0 Å². The van der Waals surface area contributed by atoms with E-state index in [1.54, 1.807) is 0 Å². The number of H-pyrrole nitrogens is 2. The molecule has 0 radical (unpaired) electrons. The van der Waals surface area contributed by atoms with Gasteiger partial charge in [0.1, 0.15) is 0 Å². The predicted octanol–water partition coefficient (Wildman–Crippen LogP) is 17.9. The van der Waals surface area contributed by atoms with Crippen molar-refractivity contribution >= 4 is 86.7 Å². The third-order valence-electron chi connectivity index (χ3n) is 14.1. The number of fused-ring (bicyclic) bond motifs is 12. The van der Waals surface area contributed by atoms with Crippen LogP contribution in [0.3, 0.4) is 0 Å². The average molecular weight is 837 g/mol. The highest BCUT2D eigenvalue weighted by molar-refractivity contribution is 6.26. The lowest BCUT2D eigenvalue weighted by Gasteiger charge is -2.12. The van der Waals surface area contributed by atoms with E-state index in [2.05, 4.69) is 240 Å². The van der Waals surface area contributed by atoms with E-state index in [0.717, 1.165) is 22.1 Å². The molecule has 0 aliphatic heterocycles. The van der Waals surface area contributed by atoms with E-state index in [0.29, 0.717) is 0 Å². The van der Waals surface area contributed by atoms with Crippen molar-refractivity contribution in [2.24, 2.45) is 0 Å². The van der Waals surface area contributed by atoms with E-state index in [1.165, 1.54) is 120 Å². The summed E-state index contributed by atoms with van der Waals surface area (Å²) in [4.78, 5) is 7.58. The van der Waals surface area contributed by atoms with Crippen molar-refractivity contribution in [3.63, 3.8) is 0 Å². The Kier molecular flexibility index (Phi) is 8.02. The van der Waals surface area contributed by atoms with Crippen molar-refractivity contribution in [3.8, 4) is 55.6 Å². The van der Waals surface area contributed by atoms with Gasteiger partial charge in [-0.3, -0.25) is 0 Å². The summed E-state index contributed by atoms with van der Waals surface area (Å²) >= 11 is 0. The summed E-state index contributed by atoms with van der Waals surface area (Å²) in [5, 5.41) is 15.1. The zero-order valence-corrected chi connectivity index (χ0v) is 35.9. The lowest BCUT2D eigenvalue weighted by Crippen LogP contribution is -1.86. The lowest BCUT2D eigenvalue weighted by molar-refractivity contribution is 1.55. The first-order valence-electron chi connectivity index (χ1n) is 22.8. The molecule has 306 valence electrons. The predicted molar refractivity (Wildman–Crippen MR) is 282 cm³/mol. The summed E-state index contributed by atoms with van der Waals surface area (Å²) in [6.07, 6.45) is 0. The Morgan fingerprint density at radius 2 is 0.561 bits per heavy atom. The summed E-state index contributed by atoms with van der Waals surface area (Å²) in [6.45, 7) is 0. The third kappa shape index (κ3) is 5.68. The smallest absolute Gasteiger partial charge is 0.0471 e. The van der Waals surface area contributed by atoms with Crippen LogP contribution in [0.15, 0.2) is 231 Å². The fourth-order valence-corrected chi connectivity index (χ4v) is 11.0. The number of rotatable bonds is 5. The molecule has 0 atom stereocenters. The van der Waals surface area contributed by atoms with Crippen molar-refractivity contribution in [1.29, 1.82) is 0 Å². The van der Waals surface area contributed by atoms with E-state index in [-0.39, 0.29) is 0 Å². The lowest BCUT2D eigenvalue weighted by atomic mass is 9.92. The van der Waals surface area contributed by atoms with Gasteiger partial charge in [-0.2, -0.15) is 0 Å². The summed E-state index contributed by atoms with van der Waals surface area (Å²) < 4.78 is 0. The van der Waals surface area contributed by atoms with Gasteiger partial charge < -0.3 is 9.97 Å². The van der Waals surface area contributed by atoms with Gasteiger partial charge >= 0.3 is 0 Å². The fourth-order valence-electron chi connectivity index (χ4n) is 11.0. The SMILES string of the molecule is c1ccc2c(-c3ccc4c(c3)[nH]c3ccc5cccc(-c6ccc(-c7ccc(-c8cccc9ccc%10[nH]c%11cc(-c%12cccc%13ccccc%12%13)ccc%11c%10c89)cc7)cc6)c5c34)cccc2c1. The van der Waals surface area contributed by atoms with Gasteiger partial charge in [0.25, 0.3) is 0 Å². The average Bonchev–Trinajstić information content (AvgIpc) is 3.96. The first-order chi connectivity index (χ1) is 32.7. The molecule has 2 heteroatoms. The molecule has 0 amide bonds. The summed E-state index contributed by atoms with van der Waals surface area (Å²) in [5.41, 5.74) is 16.8. The maximum Gasteiger partial charge on any atom is 0.0471 e. The van der Waals surface area contributed by atoms with Crippen molar-refractivity contribution < 1.29 is 0 Å². The zero-order chi connectivity index (χ0) is 43.3. The summed E-state index contributed by atoms with van der Waals surface area (Å²) in [7, 11) is 0. The van der Waals surface area contributed by atoms with Gasteiger partial charge in [-0.1, -0.05) is 206 Å². The topological polar surface area (TPSA) is 31.6 Å². The molecule has 14 rings (SSSR count). The molecule has 0 saturated carbocycles. The highest BCUT2D eigenvalue weighted by atomic mass is 14.7. The van der Waals surface area contributed by atoms with Gasteiger partial charge in [-0.15, -0.1) is 0 Å². The monoisotopic (exact) mass is 836 g/mol. The highest BCUT2D eigenvalue weighted by Gasteiger charge is 2.17. The maximum atomic E-state index is 3.79. The van der Waals surface area contributed by atoms with E-state index in [4.69, 9.17) is 0 Å². The Balaban J connectivity index is 0.811. The number of hydrogen-bond donors (Lipinski definition) is 2. The largest absolute Gasteiger partial charge is 0.354 e. The minimum Gasteiger partial charge on any atom is -0.354 e. The van der Waals surface area contributed by atoms with E-state index < -0.39 is 0 Å². The third-order valence-corrected chi connectivity index (χ3v) is 14.1. The number of aromatic amines is 2. The molecule has 0 spiro atoms. The van der Waals surface area contributed by atoms with Crippen LogP contribution in [-0.2, 0) is 0 Å². The first-order valence-corrected chi connectivity index (χ1v) is 22.8. The number of nitrogens with one attached hydrogen (secondary N) is 2. The molecule has 0 fully saturated rings. The van der Waals surface area contributed by atoms with Gasteiger partial charge in [-0.05, 0) is 123 Å². The molecule has 0 bridgehead atoms. The zero-order valence-electron chi connectivity index (χ0n) is 35.9. The van der Waals surface area contributed by atoms with Crippen LogP contribution in [-0.4, -0.2) is 9.97 Å². The standard InChI is InChI=1S/C64H40N2/c1-3-15-49-41(9-1)11-5-17-51(49)47-29-33-55-59(37-47)65-57-35-31-45-13-7-19-53(61(45)63(55)57)43-25-21-39(22-26-43)40-23-27-44(28-24-40)54-20-8-14-46-32-36-58-64(62(46)54)56-34-30-48(38-60(56)66-58)52-18-6-12-42-10-2-4-16-50(42)52/h1-38,65-66H. The Morgan fingerprint density at radius 1 is 0.197 bits per heavy atom. The normalized spacial score (nSPS) is 11.9. The fraction of sp³-hybridized carbons (Fsp3) is 0. The number of benzene rings is 12. The Morgan fingerprint density at radius 3 is 1.02 bits per heavy atom. The first kappa shape index (κ1) is 36.7. The molecule has 66 heavy (non-hydrogen) atoms. The van der Waals surface area contributed by atoms with Crippen LogP contribution < -0.4 is 0 Å². The van der Waals surface area contributed by atoms with Gasteiger partial charge in [0.15, 0.2) is 0 Å². The molecular formula is C64H40N2. The molecule has 2 nitrogen and oxygen atoms in total. The van der Waals surface area contributed by atoms with Crippen LogP contribution >= 0.6 is 0 Å². The van der Waals surface area contributed by atoms with Crippen molar-refractivity contribution in [1.82, 2.24) is 9.97 Å². The Bertz CT molecular complexity index is 3970. The van der Waals surface area contributed by atoms with Crippen LogP contribution in [0, 0.1) is 0 Å². The molecule has 0 unspecified atom stereocenters. The van der Waals surface area contributed by atoms with Crippen LogP contribution in [0.2, 0.25) is 0 Å². The minimum absolute atomic E-state index is 1.15. The second kappa shape index (κ2) is 14.4. The van der Waals surface area contributed by atoms with Crippen molar-refractivity contribution in [2.75, 3.05) is 0 Å². The summed E-state index contributed by atoms with van der Waals surface area (Å²) in [5.74, 6) is 0. The molecular weight excluding hydrogens is 797 g/mol. The number of hydrogen-bond acceptors (Lipinski definition) is 0. The Hall–Kier alpha value is -8.72. The second-order valence-electron chi connectivity index (χ2n) is 17.8. The van der Waals surface area contributed by atoms with Crippen LogP contribution in [0.5, 0.6) is 0 Å². The summed E-state index contributed by atoms with van der Waals surface area (Å²) in [6, 6.07) is 84.8. The van der Waals surface area contributed by atoms with Crippen LogP contribution in [0.1, 0.15) is 0 Å².